The molecular weight excluding hydrogens is 468 g/mol. The SMILES string of the molecule is CC(OC(=O)C1CC1)N(CCOC(=O)C1CC1)CCN(C(C)OC(=O)C1CC1)C(C)OC(=O)C1CC1. The molecule has 0 aromatic carbocycles. The number of nitrogens with zero attached hydrogens (tertiary/aromatic N) is 2. The summed E-state index contributed by atoms with van der Waals surface area (Å²) in [6.45, 7) is 6.76. The Hall–Kier alpha value is -2.20. The molecule has 4 aliphatic rings. The van der Waals surface area contributed by atoms with Gasteiger partial charge in [0.2, 0.25) is 0 Å². The van der Waals surface area contributed by atoms with Crippen molar-refractivity contribution >= 4 is 23.9 Å². The zero-order chi connectivity index (χ0) is 25.8. The molecule has 36 heavy (non-hydrogen) atoms. The molecular formula is C26H40N2O8. The average molecular weight is 509 g/mol. The quantitative estimate of drug-likeness (QED) is 0.175. The minimum absolute atomic E-state index is 0.0167. The highest BCUT2D eigenvalue weighted by molar-refractivity contribution is 5.76. The van der Waals surface area contributed by atoms with Crippen LogP contribution in [0, 0.1) is 23.7 Å². The molecule has 0 bridgehead atoms. The van der Waals surface area contributed by atoms with Crippen LogP contribution in [0.5, 0.6) is 0 Å². The summed E-state index contributed by atoms with van der Waals surface area (Å²) in [5.74, 6) is -0.952. The van der Waals surface area contributed by atoms with Gasteiger partial charge in [-0.15, -0.1) is 0 Å². The van der Waals surface area contributed by atoms with Crippen LogP contribution in [0.15, 0.2) is 0 Å². The number of ether oxygens (including phenoxy) is 4. The summed E-state index contributed by atoms with van der Waals surface area (Å²) in [5.41, 5.74) is 0. The molecule has 3 atom stereocenters. The van der Waals surface area contributed by atoms with Crippen LogP contribution in [0.25, 0.3) is 0 Å². The maximum atomic E-state index is 12.3. The summed E-state index contributed by atoms with van der Waals surface area (Å²) in [6, 6.07) is 0. The second-order valence-corrected chi connectivity index (χ2v) is 10.6. The molecule has 202 valence electrons. The number of hydrogen-bond donors (Lipinski definition) is 0. The first-order valence-corrected chi connectivity index (χ1v) is 13.5. The van der Waals surface area contributed by atoms with Crippen LogP contribution in [0.4, 0.5) is 0 Å². The maximum Gasteiger partial charge on any atom is 0.310 e. The van der Waals surface area contributed by atoms with Crippen molar-refractivity contribution in [1.82, 2.24) is 9.80 Å². The van der Waals surface area contributed by atoms with E-state index in [1.165, 1.54) is 0 Å². The Balaban J connectivity index is 1.36. The van der Waals surface area contributed by atoms with Gasteiger partial charge >= 0.3 is 23.9 Å². The smallest absolute Gasteiger partial charge is 0.310 e. The lowest BCUT2D eigenvalue weighted by molar-refractivity contribution is -0.184. The van der Waals surface area contributed by atoms with Gasteiger partial charge in [0, 0.05) is 19.6 Å². The van der Waals surface area contributed by atoms with Gasteiger partial charge in [0.15, 0.2) is 18.7 Å². The van der Waals surface area contributed by atoms with Crippen molar-refractivity contribution in [2.24, 2.45) is 23.7 Å². The minimum atomic E-state index is -0.598. The third-order valence-electron chi connectivity index (χ3n) is 7.22. The Morgan fingerprint density at radius 3 is 1.39 bits per heavy atom. The minimum Gasteiger partial charge on any atom is -0.464 e. The van der Waals surface area contributed by atoms with Crippen molar-refractivity contribution in [2.45, 2.75) is 90.8 Å². The van der Waals surface area contributed by atoms with Gasteiger partial charge in [-0.1, -0.05) is 0 Å². The summed E-state index contributed by atoms with van der Waals surface area (Å²) >= 11 is 0. The van der Waals surface area contributed by atoms with Gasteiger partial charge in [0.1, 0.15) is 6.61 Å². The summed E-state index contributed by atoms with van der Waals surface area (Å²) in [4.78, 5) is 52.6. The molecule has 3 unspecified atom stereocenters. The number of hydrogen-bond acceptors (Lipinski definition) is 10. The van der Waals surface area contributed by atoms with E-state index in [0.717, 1.165) is 51.4 Å². The fourth-order valence-electron chi connectivity index (χ4n) is 4.04. The van der Waals surface area contributed by atoms with Crippen molar-refractivity contribution in [3.63, 3.8) is 0 Å². The van der Waals surface area contributed by atoms with Crippen LogP contribution >= 0.6 is 0 Å². The van der Waals surface area contributed by atoms with Crippen LogP contribution in [-0.4, -0.2) is 78.6 Å². The normalized spacial score (nSPS) is 22.0. The van der Waals surface area contributed by atoms with Crippen molar-refractivity contribution in [3.05, 3.63) is 0 Å². The zero-order valence-electron chi connectivity index (χ0n) is 21.7. The first-order valence-electron chi connectivity index (χ1n) is 13.5. The highest BCUT2D eigenvalue weighted by atomic mass is 16.6. The number of carbonyl (C=O) groups excluding carboxylic acids is 4. The van der Waals surface area contributed by atoms with E-state index in [1.807, 2.05) is 9.80 Å². The van der Waals surface area contributed by atoms with Gasteiger partial charge in [-0.3, -0.25) is 24.1 Å². The van der Waals surface area contributed by atoms with Crippen molar-refractivity contribution < 1.29 is 38.1 Å². The second-order valence-electron chi connectivity index (χ2n) is 10.6. The molecule has 10 nitrogen and oxygen atoms in total. The van der Waals surface area contributed by atoms with Crippen molar-refractivity contribution in [2.75, 3.05) is 26.2 Å². The van der Waals surface area contributed by atoms with Gasteiger partial charge < -0.3 is 18.9 Å². The number of rotatable bonds is 16. The molecule has 4 rings (SSSR count). The number of esters is 4. The summed E-state index contributed by atoms with van der Waals surface area (Å²) in [5, 5.41) is 0. The van der Waals surface area contributed by atoms with E-state index in [9.17, 15) is 19.2 Å². The number of carbonyl (C=O) groups is 4. The molecule has 0 amide bonds. The predicted octanol–water partition coefficient (Wildman–Crippen LogP) is 2.44. The van der Waals surface area contributed by atoms with Gasteiger partial charge in [-0.2, -0.15) is 0 Å². The molecule has 4 saturated carbocycles. The van der Waals surface area contributed by atoms with Gasteiger partial charge in [-0.05, 0) is 72.1 Å². The summed E-state index contributed by atoms with van der Waals surface area (Å²) < 4.78 is 22.4. The first-order chi connectivity index (χ1) is 17.2. The van der Waals surface area contributed by atoms with Crippen LogP contribution < -0.4 is 0 Å². The summed E-state index contributed by atoms with van der Waals surface area (Å²) in [7, 11) is 0. The highest BCUT2D eigenvalue weighted by Gasteiger charge is 2.38. The van der Waals surface area contributed by atoms with E-state index in [2.05, 4.69) is 0 Å². The monoisotopic (exact) mass is 508 g/mol. The molecule has 0 spiro atoms. The molecule has 0 aromatic heterocycles. The van der Waals surface area contributed by atoms with Crippen LogP contribution in [0.3, 0.4) is 0 Å². The van der Waals surface area contributed by atoms with E-state index in [1.54, 1.807) is 20.8 Å². The Kier molecular flexibility index (Phi) is 8.87. The molecule has 4 aliphatic carbocycles. The van der Waals surface area contributed by atoms with Crippen LogP contribution in [-0.2, 0) is 38.1 Å². The van der Waals surface area contributed by atoms with Crippen LogP contribution in [0.1, 0.15) is 72.1 Å². The lowest BCUT2D eigenvalue weighted by atomic mass is 10.3. The Morgan fingerprint density at radius 1 is 0.583 bits per heavy atom. The Labute approximate surface area is 212 Å². The molecule has 0 N–H and O–H groups in total. The van der Waals surface area contributed by atoms with Gasteiger partial charge in [-0.25, -0.2) is 4.90 Å². The predicted molar refractivity (Wildman–Crippen MR) is 127 cm³/mol. The zero-order valence-corrected chi connectivity index (χ0v) is 21.7. The highest BCUT2D eigenvalue weighted by Crippen LogP contribution is 2.33. The first kappa shape index (κ1) is 26.9. The van der Waals surface area contributed by atoms with E-state index in [4.69, 9.17) is 18.9 Å². The third kappa shape index (κ3) is 8.16. The van der Waals surface area contributed by atoms with E-state index in [-0.39, 0.29) is 54.2 Å². The molecule has 0 aliphatic heterocycles. The van der Waals surface area contributed by atoms with Crippen molar-refractivity contribution in [1.29, 1.82) is 0 Å². The summed E-state index contributed by atoms with van der Waals surface area (Å²) in [6.07, 6.45) is 5.11. The van der Waals surface area contributed by atoms with E-state index >= 15 is 0 Å². The fraction of sp³-hybridized carbons (Fsp3) is 0.846. The molecule has 0 aromatic rings. The fourth-order valence-corrected chi connectivity index (χ4v) is 4.04. The second kappa shape index (κ2) is 11.9. The molecule has 0 radical (unpaired) electrons. The van der Waals surface area contributed by atoms with Gasteiger partial charge in [0.25, 0.3) is 0 Å². The largest absolute Gasteiger partial charge is 0.464 e. The molecule has 0 heterocycles. The van der Waals surface area contributed by atoms with Crippen LogP contribution in [0.2, 0.25) is 0 Å². The Morgan fingerprint density at radius 2 is 0.972 bits per heavy atom. The molecule has 4 fully saturated rings. The molecule has 0 saturated heterocycles. The van der Waals surface area contributed by atoms with E-state index < -0.39 is 18.7 Å². The lowest BCUT2D eigenvalue weighted by Gasteiger charge is -2.36. The Bertz CT molecular complexity index is 787. The third-order valence-corrected chi connectivity index (χ3v) is 7.22. The average Bonchev–Trinajstić information content (AvgIpc) is 3.65. The standard InChI is InChI=1S/C26H40N2O8/c1-16(34-24(30)20-6-7-20)27(14-15-33-23(29)19-4-5-19)12-13-28(17(2)35-25(31)21-8-9-21)18(3)36-26(32)22-10-11-22/h16-22H,4-15H2,1-3H3. The molecule has 10 heteroatoms. The maximum absolute atomic E-state index is 12.3. The van der Waals surface area contributed by atoms with Gasteiger partial charge in [0.05, 0.1) is 23.7 Å². The topological polar surface area (TPSA) is 112 Å². The van der Waals surface area contributed by atoms with E-state index in [0.29, 0.717) is 19.6 Å². The van der Waals surface area contributed by atoms with Crippen molar-refractivity contribution in [3.8, 4) is 0 Å². The lowest BCUT2D eigenvalue weighted by Crippen LogP contribution is -2.50.